The molecule has 0 amide bonds. The standard InChI is InChI=1S/C14H16FN3/c15-12-10-11(13-4-1-2-7-16-13)5-6-14(12)18-9-3-8-17-18/h3,5-6,8-10,13,16H,1-2,4,7H2. The lowest BCUT2D eigenvalue weighted by atomic mass is 9.97. The summed E-state index contributed by atoms with van der Waals surface area (Å²) in [6, 6.07) is 7.49. The number of hydrogen-bond donors (Lipinski definition) is 1. The van der Waals surface area contributed by atoms with E-state index in [4.69, 9.17) is 0 Å². The van der Waals surface area contributed by atoms with Crippen LogP contribution in [0.5, 0.6) is 0 Å². The molecule has 3 rings (SSSR count). The lowest BCUT2D eigenvalue weighted by molar-refractivity contribution is 0.411. The third kappa shape index (κ3) is 2.16. The molecule has 1 unspecified atom stereocenters. The molecule has 1 saturated heterocycles. The maximum Gasteiger partial charge on any atom is 0.149 e. The molecule has 0 saturated carbocycles. The molecule has 0 spiro atoms. The van der Waals surface area contributed by atoms with E-state index in [2.05, 4.69) is 10.4 Å². The Kier molecular flexibility index (Phi) is 3.11. The summed E-state index contributed by atoms with van der Waals surface area (Å²) in [4.78, 5) is 0. The second kappa shape index (κ2) is 4.90. The quantitative estimate of drug-likeness (QED) is 0.881. The van der Waals surface area contributed by atoms with Crippen LogP contribution in [0.1, 0.15) is 30.9 Å². The highest BCUT2D eigenvalue weighted by atomic mass is 19.1. The SMILES string of the molecule is Fc1cc(C2CCCCN2)ccc1-n1cccn1. The van der Waals surface area contributed by atoms with Crippen LogP contribution in [0.25, 0.3) is 5.69 Å². The summed E-state index contributed by atoms with van der Waals surface area (Å²) >= 11 is 0. The molecular formula is C14H16FN3. The van der Waals surface area contributed by atoms with Gasteiger partial charge in [-0.3, -0.25) is 0 Å². The van der Waals surface area contributed by atoms with Crippen LogP contribution in [0.15, 0.2) is 36.7 Å². The Labute approximate surface area is 106 Å². The van der Waals surface area contributed by atoms with Crippen LogP contribution in [0, 0.1) is 5.82 Å². The lowest BCUT2D eigenvalue weighted by Crippen LogP contribution is -2.26. The van der Waals surface area contributed by atoms with Gasteiger partial charge in [-0.2, -0.15) is 5.10 Å². The summed E-state index contributed by atoms with van der Waals surface area (Å²) < 4.78 is 15.6. The Morgan fingerprint density at radius 1 is 1.33 bits per heavy atom. The molecule has 1 aromatic carbocycles. The highest BCUT2D eigenvalue weighted by molar-refractivity contribution is 5.36. The molecule has 1 fully saturated rings. The molecule has 94 valence electrons. The number of benzene rings is 1. The first kappa shape index (κ1) is 11.4. The summed E-state index contributed by atoms with van der Waals surface area (Å²) in [5.74, 6) is -0.219. The van der Waals surface area contributed by atoms with E-state index in [9.17, 15) is 4.39 Å². The fraction of sp³-hybridized carbons (Fsp3) is 0.357. The van der Waals surface area contributed by atoms with Gasteiger partial charge in [0.15, 0.2) is 0 Å². The topological polar surface area (TPSA) is 29.9 Å². The van der Waals surface area contributed by atoms with Gasteiger partial charge in [-0.15, -0.1) is 0 Å². The molecule has 1 N–H and O–H groups in total. The van der Waals surface area contributed by atoms with E-state index in [1.54, 1.807) is 35.3 Å². The van der Waals surface area contributed by atoms with Crippen molar-refractivity contribution in [2.45, 2.75) is 25.3 Å². The van der Waals surface area contributed by atoms with Gasteiger partial charge in [0.1, 0.15) is 11.5 Å². The molecule has 1 aliphatic rings. The van der Waals surface area contributed by atoms with E-state index in [0.29, 0.717) is 11.7 Å². The van der Waals surface area contributed by atoms with Gasteiger partial charge in [0.25, 0.3) is 0 Å². The van der Waals surface area contributed by atoms with Crippen LogP contribution in [0.2, 0.25) is 0 Å². The number of nitrogens with one attached hydrogen (secondary N) is 1. The molecule has 1 atom stereocenters. The zero-order valence-electron chi connectivity index (χ0n) is 10.1. The van der Waals surface area contributed by atoms with Crippen molar-refractivity contribution in [2.24, 2.45) is 0 Å². The predicted molar refractivity (Wildman–Crippen MR) is 68.1 cm³/mol. The first-order valence-corrected chi connectivity index (χ1v) is 6.37. The molecule has 2 heterocycles. The van der Waals surface area contributed by atoms with Gasteiger partial charge in [0.2, 0.25) is 0 Å². The Bertz CT molecular complexity index is 516. The largest absolute Gasteiger partial charge is 0.310 e. The second-order valence-corrected chi connectivity index (χ2v) is 4.66. The number of piperidine rings is 1. The van der Waals surface area contributed by atoms with E-state index in [0.717, 1.165) is 18.5 Å². The molecule has 0 radical (unpaired) electrons. The minimum absolute atomic E-state index is 0.219. The summed E-state index contributed by atoms with van der Waals surface area (Å²) in [5.41, 5.74) is 1.53. The fourth-order valence-corrected chi connectivity index (χ4v) is 2.47. The van der Waals surface area contributed by atoms with Gasteiger partial charge in [0.05, 0.1) is 0 Å². The van der Waals surface area contributed by atoms with Crippen molar-refractivity contribution < 1.29 is 4.39 Å². The molecule has 1 aromatic heterocycles. The van der Waals surface area contributed by atoms with Crippen LogP contribution >= 0.6 is 0 Å². The third-order valence-electron chi connectivity index (χ3n) is 3.44. The first-order chi connectivity index (χ1) is 8.84. The van der Waals surface area contributed by atoms with E-state index in [1.807, 2.05) is 6.07 Å². The van der Waals surface area contributed by atoms with E-state index >= 15 is 0 Å². The summed E-state index contributed by atoms with van der Waals surface area (Å²) in [6.45, 7) is 1.02. The molecule has 4 heteroatoms. The van der Waals surface area contributed by atoms with Crippen molar-refractivity contribution in [3.63, 3.8) is 0 Å². The maximum atomic E-state index is 14.1. The Morgan fingerprint density at radius 2 is 2.28 bits per heavy atom. The second-order valence-electron chi connectivity index (χ2n) is 4.66. The van der Waals surface area contributed by atoms with Gasteiger partial charge in [0, 0.05) is 18.4 Å². The van der Waals surface area contributed by atoms with Crippen LogP contribution < -0.4 is 5.32 Å². The smallest absolute Gasteiger partial charge is 0.149 e. The van der Waals surface area contributed by atoms with Gasteiger partial charge >= 0.3 is 0 Å². The zero-order chi connectivity index (χ0) is 12.4. The molecular weight excluding hydrogens is 229 g/mol. The Hall–Kier alpha value is -1.68. The highest BCUT2D eigenvalue weighted by Crippen LogP contribution is 2.25. The average Bonchev–Trinajstić information content (AvgIpc) is 2.93. The van der Waals surface area contributed by atoms with Crippen molar-refractivity contribution in [2.75, 3.05) is 6.54 Å². The average molecular weight is 245 g/mol. The number of hydrogen-bond acceptors (Lipinski definition) is 2. The number of aromatic nitrogens is 2. The summed E-state index contributed by atoms with van der Waals surface area (Å²) in [6.07, 6.45) is 6.90. The molecule has 3 nitrogen and oxygen atoms in total. The van der Waals surface area contributed by atoms with E-state index in [1.165, 1.54) is 12.8 Å². The van der Waals surface area contributed by atoms with Crippen LogP contribution in [0.3, 0.4) is 0 Å². The van der Waals surface area contributed by atoms with Crippen molar-refractivity contribution in [1.82, 2.24) is 15.1 Å². The fourth-order valence-electron chi connectivity index (χ4n) is 2.47. The molecule has 0 bridgehead atoms. The Balaban J connectivity index is 1.89. The number of halogens is 1. The van der Waals surface area contributed by atoms with Crippen molar-refractivity contribution in [3.8, 4) is 5.69 Å². The van der Waals surface area contributed by atoms with Crippen LogP contribution in [-0.2, 0) is 0 Å². The normalized spacial score (nSPS) is 19.9. The van der Waals surface area contributed by atoms with E-state index in [-0.39, 0.29) is 5.82 Å². The molecule has 2 aromatic rings. The summed E-state index contributed by atoms with van der Waals surface area (Å²) in [7, 11) is 0. The molecule has 0 aliphatic carbocycles. The minimum atomic E-state index is -0.219. The highest BCUT2D eigenvalue weighted by Gasteiger charge is 2.16. The van der Waals surface area contributed by atoms with Gasteiger partial charge in [-0.05, 0) is 43.1 Å². The van der Waals surface area contributed by atoms with Crippen molar-refractivity contribution >= 4 is 0 Å². The maximum absolute atomic E-state index is 14.1. The number of rotatable bonds is 2. The molecule has 18 heavy (non-hydrogen) atoms. The third-order valence-corrected chi connectivity index (χ3v) is 3.44. The minimum Gasteiger partial charge on any atom is -0.310 e. The first-order valence-electron chi connectivity index (χ1n) is 6.37. The van der Waals surface area contributed by atoms with Crippen LogP contribution in [0.4, 0.5) is 4.39 Å². The van der Waals surface area contributed by atoms with Crippen molar-refractivity contribution in [3.05, 3.63) is 48.0 Å². The lowest BCUT2D eigenvalue weighted by Gasteiger charge is -2.24. The van der Waals surface area contributed by atoms with Crippen LogP contribution in [-0.4, -0.2) is 16.3 Å². The monoisotopic (exact) mass is 245 g/mol. The molecule has 1 aliphatic heterocycles. The Morgan fingerprint density at radius 3 is 2.94 bits per heavy atom. The zero-order valence-corrected chi connectivity index (χ0v) is 10.1. The number of nitrogens with zero attached hydrogens (tertiary/aromatic N) is 2. The van der Waals surface area contributed by atoms with E-state index < -0.39 is 0 Å². The van der Waals surface area contributed by atoms with Gasteiger partial charge in [-0.1, -0.05) is 12.5 Å². The predicted octanol–water partition coefficient (Wildman–Crippen LogP) is 2.83. The van der Waals surface area contributed by atoms with Gasteiger partial charge in [-0.25, -0.2) is 9.07 Å². The summed E-state index contributed by atoms with van der Waals surface area (Å²) in [5, 5.41) is 7.48. The van der Waals surface area contributed by atoms with Crippen molar-refractivity contribution in [1.29, 1.82) is 0 Å². The van der Waals surface area contributed by atoms with Gasteiger partial charge < -0.3 is 5.32 Å².